The molecule has 0 radical (unpaired) electrons. The highest BCUT2D eigenvalue weighted by Crippen LogP contribution is 2.31. The molecule has 2 aliphatic rings. The lowest BCUT2D eigenvalue weighted by atomic mass is 9.80. The molecule has 0 fully saturated rings. The van der Waals surface area contributed by atoms with Crippen LogP contribution in [0.5, 0.6) is 11.5 Å². The fourth-order valence-electron chi connectivity index (χ4n) is 3.41. The summed E-state index contributed by atoms with van der Waals surface area (Å²) >= 11 is 0. The molecule has 1 aromatic carbocycles. The molecule has 0 saturated heterocycles. The maximum absolute atomic E-state index is 12.1. The van der Waals surface area contributed by atoms with Crippen LogP contribution in [0.3, 0.4) is 0 Å². The smallest absolute Gasteiger partial charge is 0.187 e. The highest BCUT2D eigenvalue weighted by Gasteiger charge is 2.33. The van der Waals surface area contributed by atoms with Crippen molar-refractivity contribution in [2.45, 2.75) is 49.0 Å². The molecule has 0 bridgehead atoms. The van der Waals surface area contributed by atoms with E-state index in [0.717, 1.165) is 0 Å². The van der Waals surface area contributed by atoms with Crippen LogP contribution in [0.25, 0.3) is 0 Å². The molecule has 0 unspecified atom stereocenters. The van der Waals surface area contributed by atoms with Crippen LogP contribution in [0.4, 0.5) is 0 Å². The first kappa shape index (κ1) is 29.1. The number of carbonyl (C=O) groups excluding carboxylic acids is 4. The number of aryl methyl sites for hydroxylation is 2. The molecule has 0 heterocycles. The summed E-state index contributed by atoms with van der Waals surface area (Å²) in [4.78, 5) is 62.2. The first-order valence-electron chi connectivity index (χ1n) is 9.49. The quantitative estimate of drug-likeness (QED) is 0.472. The van der Waals surface area contributed by atoms with Gasteiger partial charge in [-0.15, -0.1) is 0 Å². The third-order valence-electron chi connectivity index (χ3n) is 5.06. The Hall–Kier alpha value is -3.94. The minimum Gasteiger partial charge on any atom is -0.508 e. The second-order valence-corrected chi connectivity index (χ2v) is 7.47. The number of aromatic hydroxyl groups is 2. The van der Waals surface area contributed by atoms with Crippen LogP contribution >= 0.6 is 0 Å². The van der Waals surface area contributed by atoms with Crippen LogP contribution in [-0.2, 0) is 19.2 Å². The van der Waals surface area contributed by atoms with Crippen molar-refractivity contribution in [2.75, 3.05) is 0 Å². The highest BCUT2D eigenvalue weighted by atomic mass is 16.7. The van der Waals surface area contributed by atoms with E-state index in [0.29, 0.717) is 22.3 Å². The van der Waals surface area contributed by atoms with E-state index < -0.39 is 11.6 Å². The van der Waals surface area contributed by atoms with E-state index in [-0.39, 0.29) is 52.8 Å². The van der Waals surface area contributed by atoms with Gasteiger partial charge in [-0.25, -0.2) is 0 Å². The topological polar surface area (TPSA) is 143 Å². The molecule has 8 heteroatoms. The lowest BCUT2D eigenvalue weighted by Crippen LogP contribution is -2.25. The summed E-state index contributed by atoms with van der Waals surface area (Å²) in [5.41, 5.74) is 2.65. The second-order valence-electron chi connectivity index (χ2n) is 7.47. The molecule has 3 rings (SSSR count). The second kappa shape index (κ2) is 11.6. The van der Waals surface area contributed by atoms with E-state index in [4.69, 9.17) is 15.0 Å². The molecule has 0 atom stereocenters. The van der Waals surface area contributed by atoms with Gasteiger partial charge >= 0.3 is 0 Å². The van der Waals surface area contributed by atoms with E-state index in [1.165, 1.54) is 38.1 Å². The standard InChI is InChI=1S/C16H14O4.C8H10O2.CH4.O2/c1-7-5-11(17)13(9(3)15(7)19)14-10(4)16(20)8(2)6-12(14)18;1-5-3-7(9)4-6(2)8(5)10;;1-2/h5-6H,1-4H3;3-4,9-10H,1-2H3;1H4;. The molecule has 0 amide bonds. The molecule has 0 saturated carbocycles. The summed E-state index contributed by atoms with van der Waals surface area (Å²) in [6.45, 7) is 9.63. The number of hydrogen-bond acceptors (Lipinski definition) is 8. The molecule has 33 heavy (non-hydrogen) atoms. The molecule has 0 aliphatic heterocycles. The maximum Gasteiger partial charge on any atom is 0.187 e. The summed E-state index contributed by atoms with van der Waals surface area (Å²) in [7, 11) is 0. The van der Waals surface area contributed by atoms with Crippen molar-refractivity contribution in [3.8, 4) is 11.5 Å². The van der Waals surface area contributed by atoms with Gasteiger partial charge in [0.05, 0.1) is 0 Å². The third-order valence-corrected chi connectivity index (χ3v) is 5.06. The first-order chi connectivity index (χ1) is 14.9. The first-order valence-corrected chi connectivity index (χ1v) is 9.49. The van der Waals surface area contributed by atoms with Crippen LogP contribution in [0.2, 0.25) is 0 Å². The van der Waals surface area contributed by atoms with Gasteiger partial charge in [-0.2, -0.15) is 0 Å². The molecule has 0 spiro atoms. The van der Waals surface area contributed by atoms with Crippen molar-refractivity contribution in [3.63, 3.8) is 0 Å². The zero-order chi connectivity index (χ0) is 24.9. The fourth-order valence-corrected chi connectivity index (χ4v) is 3.41. The molecule has 1 aromatic rings. The number of allylic oxidation sites excluding steroid dienone is 8. The summed E-state index contributed by atoms with van der Waals surface area (Å²) in [6, 6.07) is 3.06. The molecule has 8 nitrogen and oxygen atoms in total. The van der Waals surface area contributed by atoms with Crippen molar-refractivity contribution < 1.29 is 29.4 Å². The van der Waals surface area contributed by atoms with Gasteiger partial charge in [-0.3, -0.25) is 19.2 Å². The summed E-state index contributed by atoms with van der Waals surface area (Å²) in [6.07, 6.45) is 2.43. The lowest BCUT2D eigenvalue weighted by Gasteiger charge is -2.20. The molecule has 176 valence electrons. The minimum atomic E-state index is -0.400. The van der Waals surface area contributed by atoms with Gasteiger partial charge in [-0.05, 0) is 77.0 Å². The van der Waals surface area contributed by atoms with Gasteiger partial charge in [-0.1, -0.05) is 7.43 Å². The summed E-state index contributed by atoms with van der Waals surface area (Å²) < 4.78 is 0. The highest BCUT2D eigenvalue weighted by molar-refractivity contribution is 6.32. The monoisotopic (exact) mass is 456 g/mol. The van der Waals surface area contributed by atoms with E-state index in [1.807, 2.05) is 0 Å². The van der Waals surface area contributed by atoms with Crippen molar-refractivity contribution in [1.29, 1.82) is 0 Å². The van der Waals surface area contributed by atoms with Crippen molar-refractivity contribution in [2.24, 2.45) is 0 Å². The zero-order valence-corrected chi connectivity index (χ0v) is 18.7. The largest absolute Gasteiger partial charge is 0.508 e. The van der Waals surface area contributed by atoms with E-state index in [2.05, 4.69) is 0 Å². The number of phenols is 2. The van der Waals surface area contributed by atoms with E-state index >= 15 is 0 Å². The Labute approximate surface area is 192 Å². The number of benzene rings is 1. The Kier molecular flexibility index (Phi) is 10.2. The predicted molar refractivity (Wildman–Crippen MR) is 126 cm³/mol. The third kappa shape index (κ3) is 6.06. The van der Waals surface area contributed by atoms with Gasteiger partial charge in [0.25, 0.3) is 0 Å². The van der Waals surface area contributed by atoms with Gasteiger partial charge in [0.15, 0.2) is 23.1 Å². The number of phenolic OH excluding ortho intramolecular Hbond substituents is 2. The summed E-state index contributed by atoms with van der Waals surface area (Å²) in [5.74, 6) is -0.880. The molecule has 0 aromatic heterocycles. The lowest BCUT2D eigenvalue weighted by molar-refractivity contribution is -0.117. The fraction of sp³-hybridized carbons (Fsp3) is 0.280. The molecule has 2 N–H and O–H groups in total. The molecular weight excluding hydrogens is 428 g/mol. The van der Waals surface area contributed by atoms with Crippen LogP contribution in [0, 0.1) is 23.8 Å². The van der Waals surface area contributed by atoms with Crippen LogP contribution in [0.1, 0.15) is 46.2 Å². The van der Waals surface area contributed by atoms with Gasteiger partial charge in [0, 0.05) is 43.4 Å². The SMILES string of the molecule is C.CC1=CC(=O)C(C2=C(C)C(=O)C(C)=CC2=O)=C(C)C1=O.Cc1cc(O)cc(C)c1O.O=O. The number of ketones is 4. The van der Waals surface area contributed by atoms with Crippen LogP contribution < -0.4 is 0 Å². The maximum atomic E-state index is 12.1. The minimum absolute atomic E-state index is 0. The number of hydrogen-bond donors (Lipinski definition) is 2. The Balaban J connectivity index is 0.000000666. The summed E-state index contributed by atoms with van der Waals surface area (Å²) in [5, 5.41) is 18.2. The average molecular weight is 456 g/mol. The van der Waals surface area contributed by atoms with Gasteiger partial charge in [0.1, 0.15) is 11.5 Å². The normalized spacial score (nSPS) is 15.6. The van der Waals surface area contributed by atoms with Gasteiger partial charge < -0.3 is 10.2 Å². The predicted octanol–water partition coefficient (Wildman–Crippen LogP) is 4.23. The molecular formula is C25H28O8. The Morgan fingerprint density at radius 3 is 1.21 bits per heavy atom. The van der Waals surface area contributed by atoms with E-state index in [1.54, 1.807) is 27.7 Å². The Bertz CT molecular complexity index is 1060. The number of carbonyl (C=O) groups is 4. The van der Waals surface area contributed by atoms with E-state index in [9.17, 15) is 24.3 Å². The Morgan fingerprint density at radius 1 is 0.606 bits per heavy atom. The van der Waals surface area contributed by atoms with Crippen molar-refractivity contribution in [1.82, 2.24) is 0 Å². The Morgan fingerprint density at radius 2 is 0.909 bits per heavy atom. The number of Topliss-reactive ketones (excluding diaryl/α,β-unsaturated/α-hetero) is 2. The average Bonchev–Trinajstić information content (AvgIpc) is 2.73. The van der Waals surface area contributed by atoms with Crippen LogP contribution in [-0.4, -0.2) is 33.3 Å². The number of rotatable bonds is 1. The van der Waals surface area contributed by atoms with Crippen molar-refractivity contribution >= 4 is 23.1 Å². The van der Waals surface area contributed by atoms with Crippen LogP contribution in [0.15, 0.2) is 57.7 Å². The van der Waals surface area contributed by atoms with Crippen molar-refractivity contribution in [3.05, 3.63) is 78.8 Å². The van der Waals surface area contributed by atoms with Gasteiger partial charge in [0.2, 0.25) is 0 Å². The molecule has 2 aliphatic carbocycles. The zero-order valence-electron chi connectivity index (χ0n) is 18.7.